The molecule has 1 aliphatic heterocycles. The molecule has 0 aromatic carbocycles. The van der Waals surface area contributed by atoms with E-state index in [0.717, 1.165) is 24.5 Å². The molecule has 1 fully saturated rings. The lowest BCUT2D eigenvalue weighted by molar-refractivity contribution is 0.122. The van der Waals surface area contributed by atoms with Crippen LogP contribution in [-0.2, 0) is 18.3 Å². The van der Waals surface area contributed by atoms with Gasteiger partial charge in [-0.1, -0.05) is 6.07 Å². The second-order valence-corrected chi connectivity index (χ2v) is 5.93. The summed E-state index contributed by atoms with van der Waals surface area (Å²) < 4.78 is 7.17. The highest BCUT2D eigenvalue weighted by Gasteiger charge is 2.17. The maximum Gasteiger partial charge on any atom is 0.315 e. The number of nitrogens with zero attached hydrogens (tertiary/aromatic N) is 5. The maximum absolute atomic E-state index is 12.2. The molecule has 2 N–H and O–H groups in total. The highest BCUT2D eigenvalue weighted by Crippen LogP contribution is 2.18. The van der Waals surface area contributed by atoms with Crippen LogP contribution < -0.4 is 15.5 Å². The van der Waals surface area contributed by atoms with Gasteiger partial charge in [0, 0.05) is 38.4 Å². The molecular weight excluding hydrogens is 322 g/mol. The van der Waals surface area contributed by atoms with Gasteiger partial charge in [0.05, 0.1) is 19.3 Å². The Morgan fingerprint density at radius 1 is 1.40 bits per heavy atom. The third-order valence-corrected chi connectivity index (χ3v) is 4.10. The van der Waals surface area contributed by atoms with Crippen molar-refractivity contribution in [2.24, 2.45) is 7.05 Å². The van der Waals surface area contributed by atoms with Gasteiger partial charge in [-0.15, -0.1) is 10.2 Å². The molecule has 0 spiro atoms. The highest BCUT2D eigenvalue weighted by atomic mass is 16.5. The number of hydrogen-bond donors (Lipinski definition) is 2. The van der Waals surface area contributed by atoms with Crippen molar-refractivity contribution < 1.29 is 9.53 Å². The van der Waals surface area contributed by atoms with E-state index in [4.69, 9.17) is 4.74 Å². The normalized spacial score (nSPS) is 15.7. The van der Waals surface area contributed by atoms with Crippen molar-refractivity contribution in [1.82, 2.24) is 30.4 Å². The molecule has 25 heavy (non-hydrogen) atoms. The molecule has 3 heterocycles. The summed E-state index contributed by atoms with van der Waals surface area (Å²) in [6, 6.07) is 3.36. The van der Waals surface area contributed by atoms with Crippen LogP contribution in [0.5, 0.6) is 0 Å². The predicted molar refractivity (Wildman–Crippen MR) is 92.1 cm³/mol. The fourth-order valence-corrected chi connectivity index (χ4v) is 2.80. The average Bonchev–Trinajstić information content (AvgIpc) is 3.07. The monoisotopic (exact) mass is 345 g/mol. The molecular formula is C16H23N7O2. The first kappa shape index (κ1) is 17.2. The van der Waals surface area contributed by atoms with E-state index in [-0.39, 0.29) is 12.1 Å². The number of aryl methyl sites for hydroxylation is 1. The van der Waals surface area contributed by atoms with E-state index in [1.165, 1.54) is 0 Å². The van der Waals surface area contributed by atoms with E-state index in [2.05, 4.69) is 30.7 Å². The zero-order valence-corrected chi connectivity index (χ0v) is 14.5. The number of hydrogen-bond acceptors (Lipinski definition) is 6. The molecule has 1 saturated heterocycles. The summed E-state index contributed by atoms with van der Waals surface area (Å²) in [5.74, 6) is 1.60. The second-order valence-electron chi connectivity index (χ2n) is 5.93. The minimum absolute atomic E-state index is 0.236. The maximum atomic E-state index is 12.2. The molecule has 1 atom stereocenters. The summed E-state index contributed by atoms with van der Waals surface area (Å²) in [6.45, 7) is 5.27. The van der Waals surface area contributed by atoms with Crippen LogP contribution in [0, 0.1) is 0 Å². The van der Waals surface area contributed by atoms with Crippen LogP contribution in [0.4, 0.5) is 10.6 Å². The number of nitrogens with one attached hydrogen (secondary N) is 2. The van der Waals surface area contributed by atoms with Crippen LogP contribution in [0.1, 0.15) is 24.4 Å². The Kier molecular flexibility index (Phi) is 5.44. The third kappa shape index (κ3) is 4.24. The summed E-state index contributed by atoms with van der Waals surface area (Å²) in [5, 5.41) is 13.6. The van der Waals surface area contributed by atoms with E-state index in [0.29, 0.717) is 25.6 Å². The lowest BCUT2D eigenvalue weighted by Crippen LogP contribution is -2.39. The molecule has 2 amide bonds. The first-order valence-corrected chi connectivity index (χ1v) is 8.30. The van der Waals surface area contributed by atoms with Crippen molar-refractivity contribution in [2.45, 2.75) is 19.5 Å². The highest BCUT2D eigenvalue weighted by molar-refractivity contribution is 5.74. The zero-order chi connectivity index (χ0) is 17.6. The molecule has 9 nitrogen and oxygen atoms in total. The van der Waals surface area contributed by atoms with Gasteiger partial charge in [0.15, 0.2) is 5.82 Å². The molecule has 0 aliphatic carbocycles. The van der Waals surface area contributed by atoms with Crippen molar-refractivity contribution in [2.75, 3.05) is 31.2 Å². The molecule has 9 heteroatoms. The molecule has 0 saturated carbocycles. The molecule has 0 radical (unpaired) electrons. The van der Waals surface area contributed by atoms with Crippen molar-refractivity contribution in [1.29, 1.82) is 0 Å². The largest absolute Gasteiger partial charge is 0.378 e. The van der Waals surface area contributed by atoms with Gasteiger partial charge < -0.3 is 24.8 Å². The SMILES string of the molecule is CC(NC(=O)NCc1cccnc1N1CCOCC1)c1nncn1C. The summed E-state index contributed by atoms with van der Waals surface area (Å²) in [5.41, 5.74) is 0.978. The van der Waals surface area contributed by atoms with Gasteiger partial charge in [-0.25, -0.2) is 9.78 Å². The molecule has 134 valence electrons. The fourth-order valence-electron chi connectivity index (χ4n) is 2.80. The van der Waals surface area contributed by atoms with E-state index in [9.17, 15) is 4.79 Å². The standard InChI is InChI=1S/C16H23N7O2/c1-12(14-21-19-11-22(14)2)20-16(24)18-10-13-4-3-5-17-15(13)23-6-8-25-9-7-23/h3-5,11-12H,6-10H2,1-2H3,(H2,18,20,24). The van der Waals surface area contributed by atoms with Gasteiger partial charge in [-0.05, 0) is 13.0 Å². The van der Waals surface area contributed by atoms with Crippen molar-refractivity contribution in [3.63, 3.8) is 0 Å². The molecule has 2 aromatic rings. The third-order valence-electron chi connectivity index (χ3n) is 4.10. The van der Waals surface area contributed by atoms with Crippen LogP contribution in [0.25, 0.3) is 0 Å². The number of morpholine rings is 1. The van der Waals surface area contributed by atoms with Gasteiger partial charge in [0.1, 0.15) is 12.1 Å². The fraction of sp³-hybridized carbons (Fsp3) is 0.500. The van der Waals surface area contributed by atoms with Gasteiger partial charge in [-0.2, -0.15) is 0 Å². The lowest BCUT2D eigenvalue weighted by atomic mass is 10.2. The van der Waals surface area contributed by atoms with Gasteiger partial charge in [0.25, 0.3) is 0 Å². The number of pyridine rings is 1. The Morgan fingerprint density at radius 3 is 2.92 bits per heavy atom. The van der Waals surface area contributed by atoms with E-state index >= 15 is 0 Å². The number of carbonyl (C=O) groups excluding carboxylic acids is 1. The van der Waals surface area contributed by atoms with Gasteiger partial charge >= 0.3 is 6.03 Å². The summed E-state index contributed by atoms with van der Waals surface area (Å²) in [7, 11) is 1.84. The molecule has 1 unspecified atom stereocenters. The summed E-state index contributed by atoms with van der Waals surface area (Å²) >= 11 is 0. The Labute approximate surface area is 146 Å². The van der Waals surface area contributed by atoms with E-state index < -0.39 is 0 Å². The van der Waals surface area contributed by atoms with Crippen LogP contribution in [-0.4, -0.2) is 52.1 Å². The smallest absolute Gasteiger partial charge is 0.315 e. The van der Waals surface area contributed by atoms with E-state index in [1.807, 2.05) is 26.1 Å². The van der Waals surface area contributed by atoms with Crippen LogP contribution in [0.2, 0.25) is 0 Å². The number of urea groups is 1. The number of amides is 2. The number of aromatic nitrogens is 4. The number of anilines is 1. The number of ether oxygens (including phenoxy) is 1. The first-order chi connectivity index (χ1) is 12.1. The number of carbonyl (C=O) groups is 1. The summed E-state index contributed by atoms with van der Waals surface area (Å²) in [6.07, 6.45) is 3.38. The Hall–Kier alpha value is -2.68. The van der Waals surface area contributed by atoms with Crippen molar-refractivity contribution in [3.05, 3.63) is 36.0 Å². The minimum Gasteiger partial charge on any atom is -0.378 e. The van der Waals surface area contributed by atoms with Crippen LogP contribution >= 0.6 is 0 Å². The van der Waals surface area contributed by atoms with Crippen LogP contribution in [0.3, 0.4) is 0 Å². The van der Waals surface area contributed by atoms with Gasteiger partial charge in [-0.3, -0.25) is 0 Å². The first-order valence-electron chi connectivity index (χ1n) is 8.30. The minimum atomic E-state index is -0.257. The summed E-state index contributed by atoms with van der Waals surface area (Å²) in [4.78, 5) is 18.8. The average molecular weight is 345 g/mol. The van der Waals surface area contributed by atoms with Gasteiger partial charge in [0.2, 0.25) is 0 Å². The van der Waals surface area contributed by atoms with Crippen LogP contribution in [0.15, 0.2) is 24.7 Å². The molecule has 0 bridgehead atoms. The molecule has 2 aromatic heterocycles. The lowest BCUT2D eigenvalue weighted by Gasteiger charge is -2.29. The molecule has 1 aliphatic rings. The molecule has 3 rings (SSSR count). The Balaban J connectivity index is 1.58. The zero-order valence-electron chi connectivity index (χ0n) is 14.5. The second kappa shape index (κ2) is 7.93. The predicted octanol–water partition coefficient (Wildman–Crippen LogP) is 0.607. The topological polar surface area (TPSA) is 97.2 Å². The van der Waals surface area contributed by atoms with Crippen molar-refractivity contribution in [3.8, 4) is 0 Å². The number of rotatable bonds is 5. The Bertz CT molecular complexity index is 712. The Morgan fingerprint density at radius 2 is 2.20 bits per heavy atom. The van der Waals surface area contributed by atoms with E-state index in [1.54, 1.807) is 17.1 Å². The van der Waals surface area contributed by atoms with Crippen molar-refractivity contribution >= 4 is 11.8 Å². The quantitative estimate of drug-likeness (QED) is 0.824.